The van der Waals surface area contributed by atoms with Crippen LogP contribution in [0.1, 0.15) is 30.4 Å². The first kappa shape index (κ1) is 14.1. The summed E-state index contributed by atoms with van der Waals surface area (Å²) in [6.45, 7) is 1.79. The smallest absolute Gasteiger partial charge is 0.341 e. The highest BCUT2D eigenvalue weighted by molar-refractivity contribution is 5.68. The number of carboxylic acids is 1. The Morgan fingerprint density at radius 1 is 1.30 bits per heavy atom. The molecule has 1 unspecified atom stereocenters. The topological polar surface area (TPSA) is 59.4 Å². The van der Waals surface area contributed by atoms with Gasteiger partial charge in [0, 0.05) is 18.3 Å². The van der Waals surface area contributed by atoms with E-state index in [-0.39, 0.29) is 12.5 Å². The van der Waals surface area contributed by atoms with E-state index >= 15 is 0 Å². The fraction of sp³-hybridized carbons (Fsp3) is 0.250. The van der Waals surface area contributed by atoms with Crippen molar-refractivity contribution in [1.29, 1.82) is 0 Å². The van der Waals surface area contributed by atoms with Crippen molar-refractivity contribution in [2.24, 2.45) is 0 Å². The summed E-state index contributed by atoms with van der Waals surface area (Å²) in [5, 5.41) is 8.64. The molecular formula is C16H17NO3. The van der Waals surface area contributed by atoms with Gasteiger partial charge >= 0.3 is 5.97 Å². The Morgan fingerprint density at radius 3 is 2.75 bits per heavy atom. The van der Waals surface area contributed by atoms with Crippen molar-refractivity contribution in [3.8, 4) is 5.75 Å². The van der Waals surface area contributed by atoms with Gasteiger partial charge in [-0.1, -0.05) is 25.1 Å². The van der Waals surface area contributed by atoms with Crippen LogP contribution in [0, 0.1) is 0 Å². The molecule has 2 rings (SSSR count). The highest BCUT2D eigenvalue weighted by Gasteiger charge is 2.13. The number of hydrogen-bond donors (Lipinski definition) is 1. The molecule has 4 nitrogen and oxygen atoms in total. The van der Waals surface area contributed by atoms with E-state index in [1.54, 1.807) is 12.3 Å². The number of rotatable bonds is 6. The second kappa shape index (κ2) is 6.70. The summed E-state index contributed by atoms with van der Waals surface area (Å²) in [7, 11) is 0. The third-order valence-electron chi connectivity index (χ3n) is 3.12. The van der Waals surface area contributed by atoms with Gasteiger partial charge in [0.1, 0.15) is 5.75 Å². The molecule has 0 radical (unpaired) electrons. The molecule has 0 amide bonds. The Kier molecular flexibility index (Phi) is 4.71. The number of hydrogen-bond acceptors (Lipinski definition) is 3. The van der Waals surface area contributed by atoms with Crippen molar-refractivity contribution < 1.29 is 14.6 Å². The van der Waals surface area contributed by atoms with E-state index in [1.165, 1.54) is 0 Å². The van der Waals surface area contributed by atoms with Gasteiger partial charge in [0.25, 0.3) is 0 Å². The summed E-state index contributed by atoms with van der Waals surface area (Å²) in [6.07, 6.45) is 4.55. The molecule has 1 aromatic heterocycles. The Bertz CT molecular complexity index is 569. The zero-order chi connectivity index (χ0) is 14.4. The Morgan fingerprint density at radius 2 is 2.10 bits per heavy atom. The van der Waals surface area contributed by atoms with Crippen LogP contribution in [0.25, 0.3) is 0 Å². The number of pyridine rings is 1. The number of aliphatic carboxylic acids is 1. The van der Waals surface area contributed by atoms with Gasteiger partial charge in [-0.2, -0.15) is 0 Å². The maximum absolute atomic E-state index is 10.5. The lowest BCUT2D eigenvalue weighted by atomic mass is 9.90. The van der Waals surface area contributed by atoms with Crippen molar-refractivity contribution in [2.75, 3.05) is 6.61 Å². The standard InChI is InChI=1S/C16H17NO3/c1-2-15(13-6-4-8-17-10-13)12-5-3-7-14(9-12)20-11-16(18)19/h3-10,15H,2,11H2,1H3,(H,18,19). The van der Waals surface area contributed by atoms with Crippen LogP contribution in [0.5, 0.6) is 5.75 Å². The highest BCUT2D eigenvalue weighted by atomic mass is 16.5. The monoisotopic (exact) mass is 271 g/mol. The van der Waals surface area contributed by atoms with Crippen molar-refractivity contribution in [3.63, 3.8) is 0 Å². The van der Waals surface area contributed by atoms with Gasteiger partial charge in [-0.25, -0.2) is 4.79 Å². The molecule has 1 aromatic carbocycles. The Hall–Kier alpha value is -2.36. The van der Waals surface area contributed by atoms with Crippen LogP contribution in [-0.4, -0.2) is 22.7 Å². The molecule has 20 heavy (non-hydrogen) atoms. The number of benzene rings is 1. The third-order valence-corrected chi connectivity index (χ3v) is 3.12. The summed E-state index contributed by atoms with van der Waals surface area (Å²) in [5.41, 5.74) is 2.24. The van der Waals surface area contributed by atoms with Gasteiger partial charge in [0.05, 0.1) is 0 Å². The summed E-state index contributed by atoms with van der Waals surface area (Å²) < 4.78 is 5.22. The molecule has 1 N–H and O–H groups in total. The minimum atomic E-state index is -0.977. The minimum absolute atomic E-state index is 0.233. The molecule has 0 aliphatic heterocycles. The van der Waals surface area contributed by atoms with E-state index in [0.29, 0.717) is 5.75 Å². The molecular weight excluding hydrogens is 254 g/mol. The van der Waals surface area contributed by atoms with Gasteiger partial charge in [-0.15, -0.1) is 0 Å². The summed E-state index contributed by atoms with van der Waals surface area (Å²) in [4.78, 5) is 14.7. The second-order valence-electron chi connectivity index (χ2n) is 4.50. The zero-order valence-electron chi connectivity index (χ0n) is 11.3. The average molecular weight is 271 g/mol. The van der Waals surface area contributed by atoms with E-state index in [2.05, 4.69) is 11.9 Å². The van der Waals surface area contributed by atoms with Crippen molar-refractivity contribution in [2.45, 2.75) is 19.3 Å². The van der Waals surface area contributed by atoms with Crippen LogP contribution >= 0.6 is 0 Å². The normalized spacial score (nSPS) is 11.8. The largest absolute Gasteiger partial charge is 0.482 e. The van der Waals surface area contributed by atoms with Crippen molar-refractivity contribution >= 4 is 5.97 Å². The molecule has 104 valence electrons. The molecule has 0 fully saturated rings. The van der Waals surface area contributed by atoms with Crippen LogP contribution in [0.2, 0.25) is 0 Å². The number of nitrogens with zero attached hydrogens (tertiary/aromatic N) is 1. The lowest BCUT2D eigenvalue weighted by molar-refractivity contribution is -0.139. The Balaban J connectivity index is 2.22. The third kappa shape index (κ3) is 3.57. The van der Waals surface area contributed by atoms with Crippen LogP contribution < -0.4 is 4.74 Å². The first-order valence-corrected chi connectivity index (χ1v) is 6.55. The van der Waals surface area contributed by atoms with Gasteiger partial charge in [-0.05, 0) is 35.7 Å². The molecule has 1 atom stereocenters. The maximum Gasteiger partial charge on any atom is 0.341 e. The van der Waals surface area contributed by atoms with Crippen LogP contribution in [-0.2, 0) is 4.79 Å². The summed E-state index contributed by atoms with van der Waals surface area (Å²) >= 11 is 0. The Labute approximate surface area is 118 Å². The number of aromatic nitrogens is 1. The quantitative estimate of drug-likeness (QED) is 0.877. The number of carbonyl (C=O) groups is 1. The molecule has 4 heteroatoms. The minimum Gasteiger partial charge on any atom is -0.482 e. The first-order chi connectivity index (χ1) is 9.70. The van der Waals surface area contributed by atoms with Gasteiger partial charge < -0.3 is 9.84 Å². The summed E-state index contributed by atoms with van der Waals surface area (Å²) in [6, 6.07) is 11.5. The molecule has 0 spiro atoms. The molecule has 0 saturated carbocycles. The zero-order valence-corrected chi connectivity index (χ0v) is 11.3. The van der Waals surface area contributed by atoms with E-state index in [0.717, 1.165) is 17.5 Å². The van der Waals surface area contributed by atoms with Crippen molar-refractivity contribution in [1.82, 2.24) is 4.98 Å². The lowest BCUT2D eigenvalue weighted by Crippen LogP contribution is -2.09. The van der Waals surface area contributed by atoms with E-state index in [4.69, 9.17) is 9.84 Å². The van der Waals surface area contributed by atoms with Gasteiger partial charge in [0.15, 0.2) is 6.61 Å². The SMILES string of the molecule is CCC(c1cccnc1)c1cccc(OCC(=O)O)c1. The second-order valence-corrected chi connectivity index (χ2v) is 4.50. The van der Waals surface area contributed by atoms with Crippen LogP contribution in [0.15, 0.2) is 48.8 Å². The van der Waals surface area contributed by atoms with E-state index < -0.39 is 5.97 Å². The molecule has 0 saturated heterocycles. The summed E-state index contributed by atoms with van der Waals surface area (Å²) in [5.74, 6) is -0.168. The molecule has 1 heterocycles. The fourth-order valence-corrected chi connectivity index (χ4v) is 2.21. The average Bonchev–Trinajstić information content (AvgIpc) is 2.47. The maximum atomic E-state index is 10.5. The molecule has 0 bridgehead atoms. The van der Waals surface area contributed by atoms with Gasteiger partial charge in [-0.3, -0.25) is 4.98 Å². The predicted octanol–water partition coefficient (Wildman–Crippen LogP) is 3.09. The van der Waals surface area contributed by atoms with Crippen molar-refractivity contribution in [3.05, 3.63) is 59.9 Å². The first-order valence-electron chi connectivity index (χ1n) is 6.55. The highest BCUT2D eigenvalue weighted by Crippen LogP contribution is 2.29. The number of ether oxygens (including phenoxy) is 1. The molecule has 0 aliphatic rings. The predicted molar refractivity (Wildman–Crippen MR) is 75.9 cm³/mol. The van der Waals surface area contributed by atoms with E-state index in [1.807, 2.05) is 36.5 Å². The van der Waals surface area contributed by atoms with Crippen LogP contribution in [0.4, 0.5) is 0 Å². The van der Waals surface area contributed by atoms with E-state index in [9.17, 15) is 4.79 Å². The fourth-order valence-electron chi connectivity index (χ4n) is 2.21. The molecule has 0 aliphatic carbocycles. The van der Waals surface area contributed by atoms with Gasteiger partial charge in [0.2, 0.25) is 0 Å². The lowest BCUT2D eigenvalue weighted by Gasteiger charge is -2.16. The number of carboxylic acid groups (broad SMARTS) is 1. The molecule has 2 aromatic rings. The van der Waals surface area contributed by atoms with Crippen LogP contribution in [0.3, 0.4) is 0 Å².